The fraction of sp³-hybridized carbons (Fsp3) is 0.909. The molecule has 0 spiro atoms. The molecule has 2 heterocycles. The van der Waals surface area contributed by atoms with E-state index < -0.39 is 0 Å². The van der Waals surface area contributed by atoms with E-state index in [0.29, 0.717) is 17.9 Å². The molecule has 2 heteroatoms. The third-order valence-electron chi connectivity index (χ3n) is 3.44. The molecule has 0 N–H and O–H groups in total. The molecule has 2 rings (SSSR count). The van der Waals surface area contributed by atoms with Crippen LogP contribution >= 0.6 is 0 Å². The second-order valence-electron chi connectivity index (χ2n) is 4.42. The lowest BCUT2D eigenvalue weighted by Gasteiger charge is -2.36. The standard InChI is InChI=1S/C11H19NO/c1-2-4-9-7-11(13)8-10-5-3-6-12(9)10/h9-10H,2-8H2,1H3/t9-,10+/m0/s1. The molecule has 2 saturated heterocycles. The molecule has 0 aromatic heterocycles. The smallest absolute Gasteiger partial charge is 0.136 e. The van der Waals surface area contributed by atoms with Crippen molar-refractivity contribution in [2.24, 2.45) is 0 Å². The molecule has 0 radical (unpaired) electrons. The van der Waals surface area contributed by atoms with E-state index in [-0.39, 0.29) is 0 Å². The Bertz CT molecular complexity index is 202. The van der Waals surface area contributed by atoms with Gasteiger partial charge in [0.2, 0.25) is 0 Å². The predicted molar refractivity (Wildman–Crippen MR) is 52.7 cm³/mol. The highest BCUT2D eigenvalue weighted by atomic mass is 16.1. The van der Waals surface area contributed by atoms with Crippen molar-refractivity contribution < 1.29 is 4.79 Å². The monoisotopic (exact) mass is 181 g/mol. The number of ketones is 1. The van der Waals surface area contributed by atoms with E-state index in [1.54, 1.807) is 0 Å². The van der Waals surface area contributed by atoms with E-state index in [0.717, 1.165) is 12.8 Å². The van der Waals surface area contributed by atoms with Gasteiger partial charge in [0.15, 0.2) is 0 Å². The van der Waals surface area contributed by atoms with Gasteiger partial charge in [-0.2, -0.15) is 0 Å². The first-order valence-electron chi connectivity index (χ1n) is 5.58. The molecular weight excluding hydrogens is 162 g/mol. The molecule has 0 bridgehead atoms. The lowest BCUT2D eigenvalue weighted by Crippen LogP contribution is -2.45. The number of Topliss-reactive ketones (excluding diaryl/α,β-unsaturated/α-hetero) is 1. The molecule has 0 unspecified atom stereocenters. The third-order valence-corrected chi connectivity index (χ3v) is 3.44. The summed E-state index contributed by atoms with van der Waals surface area (Å²) in [5.41, 5.74) is 0. The van der Waals surface area contributed by atoms with E-state index in [4.69, 9.17) is 0 Å². The molecule has 0 saturated carbocycles. The number of fused-ring (bicyclic) bond motifs is 1. The number of piperidine rings is 1. The lowest BCUT2D eigenvalue weighted by molar-refractivity contribution is -0.124. The van der Waals surface area contributed by atoms with Crippen LogP contribution in [-0.2, 0) is 4.79 Å². The van der Waals surface area contributed by atoms with Crippen LogP contribution in [-0.4, -0.2) is 29.3 Å². The predicted octanol–water partition coefficient (Wildman–Crippen LogP) is 1.98. The lowest BCUT2D eigenvalue weighted by atomic mass is 9.93. The molecule has 2 atom stereocenters. The highest BCUT2D eigenvalue weighted by Crippen LogP contribution is 2.30. The average Bonchev–Trinajstić information content (AvgIpc) is 2.52. The van der Waals surface area contributed by atoms with E-state index in [1.807, 2.05) is 0 Å². The maximum atomic E-state index is 11.5. The van der Waals surface area contributed by atoms with Crippen molar-refractivity contribution in [1.29, 1.82) is 0 Å². The summed E-state index contributed by atoms with van der Waals surface area (Å²) in [6.45, 7) is 3.45. The zero-order chi connectivity index (χ0) is 9.26. The van der Waals surface area contributed by atoms with Crippen molar-refractivity contribution in [3.05, 3.63) is 0 Å². The van der Waals surface area contributed by atoms with Crippen LogP contribution in [0.25, 0.3) is 0 Å². The highest BCUT2D eigenvalue weighted by molar-refractivity contribution is 5.80. The molecule has 13 heavy (non-hydrogen) atoms. The van der Waals surface area contributed by atoms with Gasteiger partial charge >= 0.3 is 0 Å². The molecule has 74 valence electrons. The Hall–Kier alpha value is -0.370. The van der Waals surface area contributed by atoms with Crippen molar-refractivity contribution in [2.45, 2.75) is 57.5 Å². The van der Waals surface area contributed by atoms with Gasteiger partial charge in [-0.3, -0.25) is 9.69 Å². The molecular formula is C11H19NO. The van der Waals surface area contributed by atoms with Gasteiger partial charge in [0, 0.05) is 24.9 Å². The molecule has 2 fully saturated rings. The summed E-state index contributed by atoms with van der Waals surface area (Å²) in [6, 6.07) is 1.19. The van der Waals surface area contributed by atoms with Crippen LogP contribution in [0.3, 0.4) is 0 Å². The quantitative estimate of drug-likeness (QED) is 0.649. The van der Waals surface area contributed by atoms with Crippen LogP contribution in [0.1, 0.15) is 45.4 Å². The molecule has 2 nitrogen and oxygen atoms in total. The summed E-state index contributed by atoms with van der Waals surface area (Å²) < 4.78 is 0. The average molecular weight is 181 g/mol. The van der Waals surface area contributed by atoms with Gasteiger partial charge < -0.3 is 0 Å². The number of hydrogen-bond acceptors (Lipinski definition) is 2. The van der Waals surface area contributed by atoms with Crippen molar-refractivity contribution in [3.8, 4) is 0 Å². The van der Waals surface area contributed by atoms with Gasteiger partial charge in [-0.05, 0) is 25.8 Å². The van der Waals surface area contributed by atoms with Gasteiger partial charge in [-0.25, -0.2) is 0 Å². The van der Waals surface area contributed by atoms with Crippen LogP contribution in [0.15, 0.2) is 0 Å². The SMILES string of the molecule is CCC[C@H]1CC(=O)C[C@H]2CCCN21. The zero-order valence-electron chi connectivity index (χ0n) is 8.46. The topological polar surface area (TPSA) is 20.3 Å². The second kappa shape index (κ2) is 3.79. The minimum Gasteiger partial charge on any atom is -0.300 e. The Balaban J connectivity index is 2.03. The van der Waals surface area contributed by atoms with E-state index in [2.05, 4.69) is 11.8 Å². The zero-order valence-corrected chi connectivity index (χ0v) is 8.46. The minimum atomic E-state index is 0.501. The highest BCUT2D eigenvalue weighted by Gasteiger charge is 2.36. The Kier molecular flexibility index (Phi) is 2.68. The summed E-state index contributed by atoms with van der Waals surface area (Å²) in [5.74, 6) is 0.501. The van der Waals surface area contributed by atoms with Crippen molar-refractivity contribution in [2.75, 3.05) is 6.54 Å². The van der Waals surface area contributed by atoms with Crippen LogP contribution in [0.4, 0.5) is 0 Å². The van der Waals surface area contributed by atoms with E-state index in [1.165, 1.54) is 32.2 Å². The summed E-state index contributed by atoms with van der Waals surface area (Å²) in [6.07, 6.45) is 6.64. The number of carbonyl (C=O) groups excluding carboxylic acids is 1. The molecule has 0 aromatic rings. The largest absolute Gasteiger partial charge is 0.300 e. The minimum absolute atomic E-state index is 0.501. The Labute approximate surface area is 80.3 Å². The van der Waals surface area contributed by atoms with E-state index >= 15 is 0 Å². The van der Waals surface area contributed by atoms with Crippen molar-refractivity contribution in [3.63, 3.8) is 0 Å². The Morgan fingerprint density at radius 1 is 1.46 bits per heavy atom. The first-order valence-corrected chi connectivity index (χ1v) is 5.58. The van der Waals surface area contributed by atoms with Crippen molar-refractivity contribution >= 4 is 5.78 Å². The fourth-order valence-electron chi connectivity index (χ4n) is 2.89. The number of nitrogens with zero attached hydrogens (tertiary/aromatic N) is 1. The maximum Gasteiger partial charge on any atom is 0.136 e. The third kappa shape index (κ3) is 1.78. The fourth-order valence-corrected chi connectivity index (χ4v) is 2.89. The second-order valence-corrected chi connectivity index (χ2v) is 4.42. The number of carbonyl (C=O) groups is 1. The van der Waals surface area contributed by atoms with Gasteiger partial charge in [0.05, 0.1) is 0 Å². The van der Waals surface area contributed by atoms with Gasteiger partial charge in [-0.1, -0.05) is 13.3 Å². The van der Waals surface area contributed by atoms with Crippen molar-refractivity contribution in [1.82, 2.24) is 4.90 Å². The van der Waals surface area contributed by atoms with Crippen LogP contribution in [0.2, 0.25) is 0 Å². The Morgan fingerprint density at radius 3 is 3.08 bits per heavy atom. The van der Waals surface area contributed by atoms with Crippen LogP contribution in [0, 0.1) is 0 Å². The molecule has 2 aliphatic rings. The van der Waals surface area contributed by atoms with E-state index in [9.17, 15) is 4.79 Å². The molecule has 0 aliphatic carbocycles. The van der Waals surface area contributed by atoms with Gasteiger partial charge in [0.1, 0.15) is 5.78 Å². The summed E-state index contributed by atoms with van der Waals surface area (Å²) in [4.78, 5) is 14.1. The number of rotatable bonds is 2. The normalized spacial score (nSPS) is 35.0. The molecule has 2 aliphatic heterocycles. The summed E-state index contributed by atoms with van der Waals surface area (Å²) in [7, 11) is 0. The van der Waals surface area contributed by atoms with Crippen LogP contribution < -0.4 is 0 Å². The molecule has 0 amide bonds. The first kappa shape index (κ1) is 9.20. The van der Waals surface area contributed by atoms with Gasteiger partial charge in [-0.15, -0.1) is 0 Å². The molecule has 0 aromatic carbocycles. The summed E-state index contributed by atoms with van der Waals surface area (Å²) in [5, 5.41) is 0. The Morgan fingerprint density at radius 2 is 2.31 bits per heavy atom. The summed E-state index contributed by atoms with van der Waals surface area (Å²) >= 11 is 0. The van der Waals surface area contributed by atoms with Gasteiger partial charge in [0.25, 0.3) is 0 Å². The van der Waals surface area contributed by atoms with Crippen LogP contribution in [0.5, 0.6) is 0 Å². The first-order chi connectivity index (χ1) is 6.31. The maximum absolute atomic E-state index is 11.5. The number of hydrogen-bond donors (Lipinski definition) is 0.